The van der Waals surface area contributed by atoms with Crippen molar-refractivity contribution in [2.45, 2.75) is 17.5 Å². The number of morpholine rings is 1. The van der Waals surface area contributed by atoms with Gasteiger partial charge in [-0.15, -0.1) is 0 Å². The molecule has 2 heterocycles. The minimum absolute atomic E-state index is 0.114. The van der Waals surface area contributed by atoms with Crippen molar-refractivity contribution in [2.24, 2.45) is 0 Å². The summed E-state index contributed by atoms with van der Waals surface area (Å²) in [7, 11) is 1.62. The van der Waals surface area contributed by atoms with Crippen LogP contribution in [0, 0.1) is 5.82 Å². The van der Waals surface area contributed by atoms with Crippen LogP contribution in [-0.2, 0) is 17.0 Å². The second-order valence-electron chi connectivity index (χ2n) is 8.31. The van der Waals surface area contributed by atoms with Crippen LogP contribution in [0.25, 0.3) is 10.9 Å². The Morgan fingerprint density at radius 2 is 1.83 bits per heavy atom. The molecule has 1 aliphatic heterocycles. The van der Waals surface area contributed by atoms with Crippen LogP contribution in [-0.4, -0.2) is 43.0 Å². The average molecular weight is 492 g/mol. The van der Waals surface area contributed by atoms with Gasteiger partial charge in [0.05, 0.1) is 37.8 Å². The number of thioether (sulfide) groups is 1. The van der Waals surface area contributed by atoms with Gasteiger partial charge in [0.25, 0.3) is 5.56 Å². The smallest absolute Gasteiger partial charge is 0.262 e. The number of aromatic nitrogens is 2. The summed E-state index contributed by atoms with van der Waals surface area (Å²) in [6.45, 7) is 3.27. The highest BCUT2D eigenvalue weighted by atomic mass is 32.2. The van der Waals surface area contributed by atoms with E-state index < -0.39 is 0 Å². The predicted octanol–water partition coefficient (Wildman–Crippen LogP) is 4.72. The van der Waals surface area contributed by atoms with Gasteiger partial charge in [0.2, 0.25) is 0 Å². The third kappa shape index (κ3) is 5.18. The summed E-state index contributed by atoms with van der Waals surface area (Å²) >= 11 is 1.36. The van der Waals surface area contributed by atoms with Crippen molar-refractivity contribution in [3.63, 3.8) is 0 Å². The van der Waals surface area contributed by atoms with Gasteiger partial charge in [-0.2, -0.15) is 0 Å². The standard InChI is InChI=1S/C27H26FN3O3S/c1-33-22-9-6-19(7-10-22)17-31-26(32)23-16-21(30-12-14-34-15-13-30)8-11-25(23)29-27(31)35-18-20-4-2-3-5-24(20)28/h2-11,16H,12-15,17-18H2,1H3. The SMILES string of the molecule is COc1ccc(Cn2c(SCc3ccccc3F)nc3ccc(N4CCOCC4)cc3c2=O)cc1. The molecule has 35 heavy (non-hydrogen) atoms. The van der Waals surface area contributed by atoms with Gasteiger partial charge in [-0.3, -0.25) is 9.36 Å². The van der Waals surface area contributed by atoms with Crippen LogP contribution < -0.4 is 15.2 Å². The highest BCUT2D eigenvalue weighted by Crippen LogP contribution is 2.26. The van der Waals surface area contributed by atoms with Gasteiger partial charge in [0.15, 0.2) is 5.16 Å². The van der Waals surface area contributed by atoms with Crippen LogP contribution in [0.5, 0.6) is 5.75 Å². The third-order valence-electron chi connectivity index (χ3n) is 6.09. The Morgan fingerprint density at radius 3 is 2.57 bits per heavy atom. The van der Waals surface area contributed by atoms with E-state index in [4.69, 9.17) is 14.5 Å². The van der Waals surface area contributed by atoms with Crippen molar-refractivity contribution in [3.05, 3.63) is 94.0 Å². The molecule has 180 valence electrons. The summed E-state index contributed by atoms with van der Waals surface area (Å²) < 4.78 is 26.6. The largest absolute Gasteiger partial charge is 0.497 e. The fourth-order valence-corrected chi connectivity index (χ4v) is 5.11. The second-order valence-corrected chi connectivity index (χ2v) is 9.26. The number of nitrogens with zero attached hydrogens (tertiary/aromatic N) is 3. The lowest BCUT2D eigenvalue weighted by Crippen LogP contribution is -2.36. The van der Waals surface area contributed by atoms with Gasteiger partial charge < -0.3 is 14.4 Å². The van der Waals surface area contributed by atoms with E-state index in [1.54, 1.807) is 23.8 Å². The highest BCUT2D eigenvalue weighted by molar-refractivity contribution is 7.98. The van der Waals surface area contributed by atoms with Gasteiger partial charge in [0.1, 0.15) is 11.6 Å². The van der Waals surface area contributed by atoms with Crippen molar-refractivity contribution in [1.82, 2.24) is 9.55 Å². The average Bonchev–Trinajstić information content (AvgIpc) is 2.91. The topological polar surface area (TPSA) is 56.6 Å². The molecule has 0 aliphatic carbocycles. The maximum atomic E-state index is 14.2. The van der Waals surface area contributed by atoms with E-state index in [-0.39, 0.29) is 11.4 Å². The molecule has 0 spiro atoms. The summed E-state index contributed by atoms with van der Waals surface area (Å²) in [6, 6.07) is 20.1. The van der Waals surface area contributed by atoms with Crippen LogP contribution in [0.15, 0.2) is 76.7 Å². The number of halogens is 1. The summed E-state index contributed by atoms with van der Waals surface area (Å²) in [5.74, 6) is 0.862. The molecule has 8 heteroatoms. The Labute approximate surface area is 207 Å². The third-order valence-corrected chi connectivity index (χ3v) is 7.12. The van der Waals surface area contributed by atoms with E-state index in [0.717, 1.165) is 30.1 Å². The second kappa shape index (κ2) is 10.5. The maximum Gasteiger partial charge on any atom is 0.262 e. The van der Waals surface area contributed by atoms with Gasteiger partial charge >= 0.3 is 0 Å². The van der Waals surface area contributed by atoms with E-state index in [1.807, 2.05) is 48.5 Å². The molecule has 0 bridgehead atoms. The molecule has 0 N–H and O–H groups in total. The quantitative estimate of drug-likeness (QED) is 0.275. The molecule has 5 rings (SSSR count). The minimum Gasteiger partial charge on any atom is -0.497 e. The van der Waals surface area contributed by atoms with Crippen molar-refractivity contribution >= 4 is 28.4 Å². The molecule has 1 fully saturated rings. The Kier molecular flexibility index (Phi) is 7.01. The Balaban J connectivity index is 1.54. The van der Waals surface area contributed by atoms with E-state index >= 15 is 0 Å². The van der Waals surface area contributed by atoms with Crippen molar-refractivity contribution in [1.29, 1.82) is 0 Å². The molecule has 0 atom stereocenters. The van der Waals surface area contributed by atoms with Crippen LogP contribution >= 0.6 is 11.8 Å². The lowest BCUT2D eigenvalue weighted by atomic mass is 10.2. The van der Waals surface area contributed by atoms with Crippen LogP contribution in [0.2, 0.25) is 0 Å². The molecule has 1 aliphatic rings. The summed E-state index contributed by atoms with van der Waals surface area (Å²) in [4.78, 5) is 20.8. The molecule has 0 saturated carbocycles. The number of fused-ring (bicyclic) bond motifs is 1. The lowest BCUT2D eigenvalue weighted by molar-refractivity contribution is 0.122. The number of hydrogen-bond acceptors (Lipinski definition) is 6. The molecule has 1 aromatic heterocycles. The molecule has 3 aromatic carbocycles. The molecular formula is C27H26FN3O3S. The van der Waals surface area contributed by atoms with Gasteiger partial charge in [0, 0.05) is 24.5 Å². The first-order valence-electron chi connectivity index (χ1n) is 11.5. The summed E-state index contributed by atoms with van der Waals surface area (Å²) in [5, 5.41) is 1.12. The number of methoxy groups -OCH3 is 1. The molecule has 0 unspecified atom stereocenters. The number of rotatable bonds is 7. The van der Waals surface area contributed by atoms with E-state index in [2.05, 4.69) is 4.90 Å². The van der Waals surface area contributed by atoms with Crippen LogP contribution in [0.3, 0.4) is 0 Å². The Morgan fingerprint density at radius 1 is 1.06 bits per heavy atom. The zero-order valence-electron chi connectivity index (χ0n) is 19.4. The van der Waals surface area contributed by atoms with Crippen molar-refractivity contribution in [2.75, 3.05) is 38.3 Å². The maximum absolute atomic E-state index is 14.2. The molecular weight excluding hydrogens is 465 g/mol. The lowest BCUT2D eigenvalue weighted by Gasteiger charge is -2.29. The zero-order valence-corrected chi connectivity index (χ0v) is 20.3. The number of benzene rings is 3. The Bertz CT molecular complexity index is 1390. The van der Waals surface area contributed by atoms with Crippen LogP contribution in [0.4, 0.5) is 10.1 Å². The summed E-state index contributed by atoms with van der Waals surface area (Å²) in [6.07, 6.45) is 0. The number of hydrogen-bond donors (Lipinski definition) is 0. The van der Waals surface area contributed by atoms with Crippen molar-refractivity contribution in [3.8, 4) is 5.75 Å². The van der Waals surface area contributed by atoms with Crippen molar-refractivity contribution < 1.29 is 13.9 Å². The first-order valence-corrected chi connectivity index (χ1v) is 12.5. The number of ether oxygens (including phenoxy) is 2. The fraction of sp³-hybridized carbons (Fsp3) is 0.259. The fourth-order valence-electron chi connectivity index (χ4n) is 4.13. The van der Waals surface area contributed by atoms with Gasteiger partial charge in [-0.25, -0.2) is 9.37 Å². The van der Waals surface area contributed by atoms with Crippen LogP contribution in [0.1, 0.15) is 11.1 Å². The minimum atomic E-state index is -0.264. The molecule has 0 amide bonds. The first kappa shape index (κ1) is 23.4. The molecule has 0 radical (unpaired) electrons. The molecule has 1 saturated heterocycles. The molecule has 6 nitrogen and oxygen atoms in total. The summed E-state index contributed by atoms with van der Waals surface area (Å²) in [5.41, 5.74) is 3.03. The Hall–Kier alpha value is -3.36. The van der Waals surface area contributed by atoms with Gasteiger partial charge in [-0.1, -0.05) is 42.1 Å². The number of anilines is 1. The highest BCUT2D eigenvalue weighted by Gasteiger charge is 2.17. The monoisotopic (exact) mass is 491 g/mol. The molecule has 4 aromatic rings. The normalized spacial score (nSPS) is 13.8. The zero-order chi connectivity index (χ0) is 24.2. The van der Waals surface area contributed by atoms with E-state index in [0.29, 0.717) is 47.1 Å². The first-order chi connectivity index (χ1) is 17.1. The predicted molar refractivity (Wildman–Crippen MR) is 137 cm³/mol. The van der Waals surface area contributed by atoms with Gasteiger partial charge in [-0.05, 0) is 47.5 Å². The van der Waals surface area contributed by atoms with E-state index in [1.165, 1.54) is 17.8 Å². The van der Waals surface area contributed by atoms with E-state index in [9.17, 15) is 9.18 Å².